The van der Waals surface area contributed by atoms with Crippen LogP contribution in [0.1, 0.15) is 17.1 Å². The van der Waals surface area contributed by atoms with Crippen LogP contribution in [-0.4, -0.2) is 59.1 Å². The molecule has 7 nitrogen and oxygen atoms in total. The Morgan fingerprint density at radius 2 is 0.653 bits per heavy atom. The second-order valence-electron chi connectivity index (χ2n) is 10.9. The van der Waals surface area contributed by atoms with Gasteiger partial charge in [-0.15, -0.1) is 74.4 Å². The zero-order valence-electron chi connectivity index (χ0n) is 27.0. The molecule has 0 radical (unpaired) electrons. The molecular weight excluding hydrogens is 743 g/mol. The lowest BCUT2D eigenvalue weighted by Crippen LogP contribution is -2.40. The Bertz CT molecular complexity index is 1590. The van der Waals surface area contributed by atoms with Crippen LogP contribution in [-0.2, 0) is 19.6 Å². The summed E-state index contributed by atoms with van der Waals surface area (Å²) in [7, 11) is 0. The third-order valence-electron chi connectivity index (χ3n) is 7.70. The second kappa shape index (κ2) is 24.6. The molecule has 266 valence electrons. The van der Waals surface area contributed by atoms with Crippen molar-refractivity contribution in [2.75, 3.05) is 39.3 Å². The first-order valence-corrected chi connectivity index (χ1v) is 15.2. The van der Waals surface area contributed by atoms with Crippen molar-refractivity contribution in [3.8, 4) is 0 Å². The van der Waals surface area contributed by atoms with Gasteiger partial charge in [0, 0.05) is 75.1 Å². The van der Waals surface area contributed by atoms with E-state index in [0.29, 0.717) is 0 Å². The molecule has 0 fully saturated rings. The fraction of sp³-hybridized carbons (Fsp3) is 0.250. The van der Waals surface area contributed by atoms with Gasteiger partial charge >= 0.3 is 0 Å². The summed E-state index contributed by atoms with van der Waals surface area (Å²) in [6, 6.07) is 37.6. The maximum absolute atomic E-state index is 4.80. The molecule has 6 aromatic rings. The highest BCUT2D eigenvalue weighted by atomic mass is 35.5. The van der Waals surface area contributed by atoms with Crippen molar-refractivity contribution in [3.05, 3.63) is 126 Å². The van der Waals surface area contributed by atoms with Gasteiger partial charge in [-0.2, -0.15) is 0 Å². The highest BCUT2D eigenvalue weighted by Gasteiger charge is 2.07. The summed E-state index contributed by atoms with van der Waals surface area (Å²) < 4.78 is 0. The van der Waals surface area contributed by atoms with Crippen LogP contribution in [0.15, 0.2) is 109 Å². The average Bonchev–Trinajstić information content (AvgIpc) is 3.06. The van der Waals surface area contributed by atoms with Gasteiger partial charge in [0.05, 0.1) is 33.6 Å². The average molecular weight is 789 g/mol. The van der Waals surface area contributed by atoms with Crippen LogP contribution in [0.5, 0.6) is 0 Å². The van der Waals surface area contributed by atoms with Gasteiger partial charge in [0.1, 0.15) is 0 Å². The Morgan fingerprint density at radius 1 is 0.367 bits per heavy atom. The number of para-hydroxylation sites is 3. The van der Waals surface area contributed by atoms with Crippen LogP contribution in [0.3, 0.4) is 0 Å². The van der Waals surface area contributed by atoms with Gasteiger partial charge in [0.15, 0.2) is 0 Å². The SMILES string of the molecule is Cl.Cl.Cl.Cl.Cl.Cl.c1ccc2nc(CNCCN(CCNCc3ccc4ccccc4n3)CCNCc3ccc4ccccc4n3)ccc2c1. The highest BCUT2D eigenvalue weighted by Crippen LogP contribution is 2.13. The molecule has 0 aliphatic carbocycles. The number of benzene rings is 3. The summed E-state index contributed by atoms with van der Waals surface area (Å²) in [6.45, 7) is 7.84. The minimum absolute atomic E-state index is 0. The first-order valence-electron chi connectivity index (χ1n) is 15.2. The Morgan fingerprint density at radius 3 is 0.959 bits per heavy atom. The van der Waals surface area contributed by atoms with Crippen LogP contribution < -0.4 is 16.0 Å². The first-order chi connectivity index (χ1) is 21.3. The van der Waals surface area contributed by atoms with Crippen LogP contribution in [0, 0.1) is 0 Å². The van der Waals surface area contributed by atoms with Crippen molar-refractivity contribution in [2.45, 2.75) is 19.6 Å². The number of nitrogens with zero attached hydrogens (tertiary/aromatic N) is 4. The Labute approximate surface area is 326 Å². The number of hydrogen-bond acceptors (Lipinski definition) is 7. The van der Waals surface area contributed by atoms with Gasteiger partial charge in [-0.3, -0.25) is 19.9 Å². The molecule has 3 N–H and O–H groups in total. The lowest BCUT2D eigenvalue weighted by Gasteiger charge is -2.23. The molecule has 0 atom stereocenters. The summed E-state index contributed by atoms with van der Waals surface area (Å²) in [4.78, 5) is 16.9. The van der Waals surface area contributed by atoms with Gasteiger partial charge in [-0.25, -0.2) is 0 Å². The predicted molar refractivity (Wildman–Crippen MR) is 220 cm³/mol. The second-order valence-corrected chi connectivity index (χ2v) is 10.9. The van der Waals surface area contributed by atoms with E-state index in [9.17, 15) is 0 Å². The maximum Gasteiger partial charge on any atom is 0.0705 e. The highest BCUT2D eigenvalue weighted by molar-refractivity contribution is 5.86. The molecule has 3 heterocycles. The molecule has 0 unspecified atom stereocenters. The van der Waals surface area contributed by atoms with Crippen molar-refractivity contribution < 1.29 is 0 Å². The van der Waals surface area contributed by atoms with Crippen LogP contribution >= 0.6 is 74.4 Å². The van der Waals surface area contributed by atoms with Crippen molar-refractivity contribution >= 4 is 107 Å². The fourth-order valence-electron chi connectivity index (χ4n) is 5.32. The maximum atomic E-state index is 4.80. The molecule has 0 saturated heterocycles. The van der Waals surface area contributed by atoms with Gasteiger partial charge < -0.3 is 16.0 Å². The van der Waals surface area contributed by atoms with Gasteiger partial charge in [-0.1, -0.05) is 72.8 Å². The van der Waals surface area contributed by atoms with E-state index in [1.807, 2.05) is 18.2 Å². The van der Waals surface area contributed by atoms with E-state index >= 15 is 0 Å². The van der Waals surface area contributed by atoms with Crippen LogP contribution in [0.25, 0.3) is 32.7 Å². The molecule has 0 aliphatic rings. The van der Waals surface area contributed by atoms with Crippen molar-refractivity contribution in [3.63, 3.8) is 0 Å². The van der Waals surface area contributed by atoms with E-state index in [1.165, 1.54) is 16.2 Å². The molecule has 0 saturated carbocycles. The third kappa shape index (κ3) is 14.0. The summed E-state index contributed by atoms with van der Waals surface area (Å²) in [6.07, 6.45) is 0. The molecular formula is C36H45Cl6N7. The largest absolute Gasteiger partial charge is 0.310 e. The first kappa shape index (κ1) is 46.5. The van der Waals surface area contributed by atoms with E-state index in [1.54, 1.807) is 0 Å². The lowest BCUT2D eigenvalue weighted by atomic mass is 10.2. The van der Waals surface area contributed by atoms with Gasteiger partial charge in [0.2, 0.25) is 0 Å². The Hall–Kier alpha value is -2.53. The van der Waals surface area contributed by atoms with Crippen LogP contribution in [0.2, 0.25) is 0 Å². The number of halogens is 6. The van der Waals surface area contributed by atoms with Crippen LogP contribution in [0.4, 0.5) is 0 Å². The molecule has 0 aliphatic heterocycles. The number of fused-ring (bicyclic) bond motifs is 3. The molecule has 3 aromatic carbocycles. The number of aromatic nitrogens is 3. The monoisotopic (exact) mass is 785 g/mol. The zero-order chi connectivity index (χ0) is 29.1. The molecule has 0 spiro atoms. The van der Waals surface area contributed by atoms with Crippen molar-refractivity contribution in [1.29, 1.82) is 0 Å². The van der Waals surface area contributed by atoms with E-state index in [0.717, 1.165) is 92.5 Å². The topological polar surface area (TPSA) is 78.0 Å². The Balaban J connectivity index is 0.00000384. The number of hydrogen-bond donors (Lipinski definition) is 3. The summed E-state index contributed by atoms with van der Waals surface area (Å²) in [5.74, 6) is 0. The zero-order valence-corrected chi connectivity index (χ0v) is 31.9. The van der Waals surface area contributed by atoms with Crippen molar-refractivity contribution in [2.24, 2.45) is 0 Å². The third-order valence-corrected chi connectivity index (χ3v) is 7.70. The van der Waals surface area contributed by atoms with E-state index < -0.39 is 0 Å². The number of pyridine rings is 3. The van der Waals surface area contributed by atoms with Gasteiger partial charge in [0.25, 0.3) is 0 Å². The number of nitrogens with one attached hydrogen (secondary N) is 3. The standard InChI is InChI=1S/C36H39N7.6ClH/c1-4-10-34-28(7-1)13-16-31(40-34)25-37-19-22-43(23-20-38-26-32-17-14-29-8-2-5-11-35(29)41-32)24-21-39-27-33-18-15-30-9-3-6-12-36(30)42-33;;;;;;/h1-18,37-39H,19-27H2;6*1H. The molecule has 49 heavy (non-hydrogen) atoms. The molecule has 13 heteroatoms. The summed E-state index contributed by atoms with van der Waals surface area (Å²) >= 11 is 0. The minimum Gasteiger partial charge on any atom is -0.310 e. The normalized spacial score (nSPS) is 10.2. The fourth-order valence-corrected chi connectivity index (χ4v) is 5.32. The molecule has 6 rings (SSSR count). The lowest BCUT2D eigenvalue weighted by molar-refractivity contribution is 0.271. The molecule has 3 aromatic heterocycles. The van der Waals surface area contributed by atoms with E-state index in [4.69, 9.17) is 15.0 Å². The predicted octanol–water partition coefficient (Wildman–Crippen LogP) is 7.83. The van der Waals surface area contributed by atoms with Crippen molar-refractivity contribution in [1.82, 2.24) is 35.8 Å². The van der Waals surface area contributed by atoms with E-state index in [2.05, 4.69) is 112 Å². The smallest absolute Gasteiger partial charge is 0.0705 e. The van der Waals surface area contributed by atoms with Gasteiger partial charge in [-0.05, 0) is 36.4 Å². The Kier molecular flexibility index (Phi) is 23.3. The molecule has 0 amide bonds. The summed E-state index contributed by atoms with van der Waals surface area (Å²) in [5.41, 5.74) is 6.34. The number of rotatable bonds is 15. The minimum atomic E-state index is 0. The quantitative estimate of drug-likeness (QED) is 0.0917. The summed E-state index contributed by atoms with van der Waals surface area (Å²) in [5, 5.41) is 14.3. The van der Waals surface area contributed by atoms with E-state index in [-0.39, 0.29) is 74.4 Å². The molecule has 0 bridgehead atoms.